The Hall–Kier alpha value is -6.71. The summed E-state index contributed by atoms with van der Waals surface area (Å²) in [4.78, 5) is 89.1. The van der Waals surface area contributed by atoms with Gasteiger partial charge in [0.15, 0.2) is 5.82 Å². The molecule has 0 aliphatic carbocycles. The lowest BCUT2D eigenvalue weighted by molar-refractivity contribution is -0.136. The third-order valence-electron chi connectivity index (χ3n) is 10.9. The predicted molar refractivity (Wildman–Crippen MR) is 226 cm³/mol. The number of phenols is 1. The van der Waals surface area contributed by atoms with Gasteiger partial charge in [-0.3, -0.25) is 34.2 Å². The number of piperidine rings is 1. The molecule has 0 saturated carbocycles. The first-order chi connectivity index (χ1) is 30.7. The van der Waals surface area contributed by atoms with E-state index in [1.54, 1.807) is 7.05 Å². The lowest BCUT2D eigenvalue weighted by Crippen LogP contribution is -2.54. The lowest BCUT2D eigenvalue weighted by Gasteiger charge is -2.35. The maximum atomic E-state index is 16.4. The van der Waals surface area contributed by atoms with E-state index in [0.717, 1.165) is 11.0 Å². The maximum Gasteiger partial charge on any atom is 0.314 e. The number of hydrogen-bond acceptors (Lipinski definition) is 14. The molecule has 5 N–H and O–H groups in total. The summed E-state index contributed by atoms with van der Waals surface area (Å²) in [5.41, 5.74) is 4.69. The highest BCUT2D eigenvalue weighted by Crippen LogP contribution is 2.42. The van der Waals surface area contributed by atoms with Crippen molar-refractivity contribution in [1.29, 1.82) is 0 Å². The highest BCUT2D eigenvalue weighted by Gasteiger charge is 2.44. The van der Waals surface area contributed by atoms with Crippen LogP contribution in [0.5, 0.6) is 11.5 Å². The highest BCUT2D eigenvalue weighted by atomic mass is 35.5. The quantitative estimate of drug-likeness (QED) is 0.0881. The van der Waals surface area contributed by atoms with Crippen LogP contribution >= 0.6 is 11.6 Å². The molecule has 338 valence electrons. The van der Waals surface area contributed by atoms with Crippen LogP contribution in [0.25, 0.3) is 22.0 Å². The zero-order valence-corrected chi connectivity index (χ0v) is 35.3. The number of nitrogens with zero attached hydrogens (tertiary/aromatic N) is 6. The number of phenolic OH excluding ortho intramolecular Hbond substituents is 1. The van der Waals surface area contributed by atoms with E-state index in [2.05, 4.69) is 20.6 Å². The standard InChI is InChI=1S/C42H44ClF2N9O10/c1-51(15-16-62-17-18-63-19-20-64-23-5-6-24-25(21-23)40(60)54(39(24)59)29-7-8-31(56)48-38(29)58)32(57)9-10-47-42-49-36-26(37(50-42)52-11-13-53(14-12-52)41(46)61)22-27(43)33(35(36)45)34-28(44)3-2-4-30(34)55/h2-6,21-22,29,55H,7-20H2,1H3,(H2,46,61)(H,47,49,50)(H,48,56,58). The number of carbonyl (C=O) groups excluding carboxylic acids is 6. The van der Waals surface area contributed by atoms with E-state index >= 15 is 4.39 Å². The van der Waals surface area contributed by atoms with Gasteiger partial charge in [0.05, 0.1) is 48.1 Å². The Bertz CT molecular complexity index is 2490. The molecule has 4 aromatic rings. The molecule has 3 aliphatic rings. The first-order valence-electron chi connectivity index (χ1n) is 20.3. The van der Waals surface area contributed by atoms with E-state index in [4.69, 9.17) is 31.5 Å². The number of aromatic nitrogens is 2. The number of ether oxygens (including phenoxy) is 3. The molecule has 3 aromatic carbocycles. The second-order valence-electron chi connectivity index (χ2n) is 15.0. The van der Waals surface area contributed by atoms with Crippen molar-refractivity contribution >= 4 is 69.8 Å². The normalized spacial score (nSPS) is 16.3. The number of benzene rings is 3. The van der Waals surface area contributed by atoms with Crippen LogP contribution in [-0.4, -0.2) is 151 Å². The molecule has 0 spiro atoms. The largest absolute Gasteiger partial charge is 0.507 e. The number of likely N-dealkylation sites (N-methyl/N-ethyl adjacent to an activating group) is 1. The first kappa shape index (κ1) is 45.3. The Balaban J connectivity index is 0.857. The molecule has 2 fully saturated rings. The molecule has 3 aliphatic heterocycles. The molecule has 64 heavy (non-hydrogen) atoms. The number of nitrogens with one attached hydrogen (secondary N) is 2. The van der Waals surface area contributed by atoms with Crippen molar-refractivity contribution in [2.24, 2.45) is 5.73 Å². The minimum atomic E-state index is -1.06. The number of aromatic hydroxyl groups is 1. The van der Waals surface area contributed by atoms with Crippen molar-refractivity contribution in [1.82, 2.24) is 30.0 Å². The van der Waals surface area contributed by atoms with Gasteiger partial charge in [0, 0.05) is 70.1 Å². The summed E-state index contributed by atoms with van der Waals surface area (Å²) in [6, 6.07) is 7.74. The van der Waals surface area contributed by atoms with Gasteiger partial charge >= 0.3 is 6.03 Å². The number of carbonyl (C=O) groups is 6. The number of urea groups is 1. The summed E-state index contributed by atoms with van der Waals surface area (Å²) in [5.74, 6) is -4.42. The second-order valence-corrected chi connectivity index (χ2v) is 15.4. The fourth-order valence-corrected chi connectivity index (χ4v) is 7.79. The Labute approximate surface area is 369 Å². The van der Waals surface area contributed by atoms with Crippen LogP contribution in [0.15, 0.2) is 42.5 Å². The Morgan fingerprint density at radius 2 is 1.67 bits per heavy atom. The number of amides is 7. The number of primary amides is 1. The van der Waals surface area contributed by atoms with Gasteiger partial charge in [0.25, 0.3) is 11.8 Å². The zero-order chi connectivity index (χ0) is 45.7. The van der Waals surface area contributed by atoms with E-state index in [0.29, 0.717) is 18.8 Å². The van der Waals surface area contributed by atoms with Crippen LogP contribution in [0.2, 0.25) is 5.02 Å². The number of halogens is 3. The molecule has 22 heteroatoms. The van der Waals surface area contributed by atoms with Crippen molar-refractivity contribution in [2.75, 3.05) is 89.6 Å². The molecule has 1 atom stereocenters. The smallest absolute Gasteiger partial charge is 0.314 e. The third kappa shape index (κ3) is 9.75. The van der Waals surface area contributed by atoms with E-state index in [1.165, 1.54) is 46.2 Å². The molecule has 0 radical (unpaired) electrons. The molecule has 0 bridgehead atoms. The minimum absolute atomic E-state index is 0.0118. The van der Waals surface area contributed by atoms with E-state index in [-0.39, 0.29) is 129 Å². The molecule has 7 amide bonds. The van der Waals surface area contributed by atoms with Crippen molar-refractivity contribution in [3.8, 4) is 22.6 Å². The molecule has 7 rings (SSSR count). The average molecular weight is 908 g/mol. The SMILES string of the molecule is CN(CCOCCOCCOc1ccc2c(c1)C(=O)N(C1CCC(=O)NC1=O)C2=O)C(=O)CCNc1nc(N2CCN(C(N)=O)CC2)c2cc(Cl)c(-c3c(O)cccc3F)c(F)c2n1. The number of imide groups is 2. The maximum absolute atomic E-state index is 16.4. The molecule has 19 nitrogen and oxygen atoms in total. The summed E-state index contributed by atoms with van der Waals surface area (Å²) in [6.07, 6.45) is 0.0920. The summed E-state index contributed by atoms with van der Waals surface area (Å²) >= 11 is 6.53. The van der Waals surface area contributed by atoms with Gasteiger partial charge in [-0.05, 0) is 42.8 Å². The fraction of sp³-hybridized carbons (Fsp3) is 0.381. The van der Waals surface area contributed by atoms with Gasteiger partial charge < -0.3 is 45.1 Å². The zero-order valence-electron chi connectivity index (χ0n) is 34.5. The number of hydrogen-bond donors (Lipinski definition) is 4. The summed E-state index contributed by atoms with van der Waals surface area (Å²) in [5, 5.41) is 15.6. The van der Waals surface area contributed by atoms with Crippen LogP contribution in [0.1, 0.15) is 40.0 Å². The number of rotatable bonds is 17. The Morgan fingerprint density at radius 3 is 2.39 bits per heavy atom. The molecule has 1 unspecified atom stereocenters. The van der Waals surface area contributed by atoms with Crippen LogP contribution in [0.3, 0.4) is 0 Å². The topological polar surface area (TPSA) is 239 Å². The van der Waals surface area contributed by atoms with Crippen LogP contribution in [0, 0.1) is 11.6 Å². The third-order valence-corrected chi connectivity index (χ3v) is 11.2. The van der Waals surface area contributed by atoms with Gasteiger partial charge in [-0.1, -0.05) is 17.7 Å². The first-order valence-corrected chi connectivity index (χ1v) is 20.7. The van der Waals surface area contributed by atoms with Crippen LogP contribution < -0.4 is 26.0 Å². The highest BCUT2D eigenvalue weighted by molar-refractivity contribution is 6.34. The van der Waals surface area contributed by atoms with Crippen LogP contribution in [0.4, 0.5) is 25.3 Å². The van der Waals surface area contributed by atoms with E-state index in [1.807, 2.05) is 4.90 Å². The number of anilines is 2. The predicted octanol–water partition coefficient (Wildman–Crippen LogP) is 2.91. The van der Waals surface area contributed by atoms with E-state index < -0.39 is 58.6 Å². The van der Waals surface area contributed by atoms with Gasteiger partial charge in [-0.15, -0.1) is 0 Å². The molecule has 2 saturated heterocycles. The summed E-state index contributed by atoms with van der Waals surface area (Å²) in [7, 11) is 1.61. The molecular weight excluding hydrogens is 864 g/mol. The van der Waals surface area contributed by atoms with Crippen molar-refractivity contribution in [3.05, 3.63) is 70.2 Å². The van der Waals surface area contributed by atoms with Crippen molar-refractivity contribution < 1.29 is 56.9 Å². The van der Waals surface area contributed by atoms with Gasteiger partial charge in [-0.2, -0.15) is 4.98 Å². The number of fused-ring (bicyclic) bond motifs is 2. The lowest BCUT2D eigenvalue weighted by atomic mass is 10.0. The molecule has 1 aromatic heterocycles. The Morgan fingerprint density at radius 1 is 0.953 bits per heavy atom. The van der Waals surface area contributed by atoms with E-state index in [9.17, 15) is 38.3 Å². The van der Waals surface area contributed by atoms with Gasteiger partial charge in [-0.25, -0.2) is 18.6 Å². The van der Waals surface area contributed by atoms with Crippen LogP contribution in [-0.2, 0) is 23.9 Å². The number of piperazine rings is 1. The second kappa shape index (κ2) is 19.8. The monoisotopic (exact) mass is 907 g/mol. The van der Waals surface area contributed by atoms with Crippen molar-refractivity contribution in [3.63, 3.8) is 0 Å². The summed E-state index contributed by atoms with van der Waals surface area (Å²) in [6.45, 7) is 2.49. The number of nitrogens with two attached hydrogens (primary N) is 1. The average Bonchev–Trinajstić information content (AvgIpc) is 3.51. The van der Waals surface area contributed by atoms with Crippen molar-refractivity contribution in [2.45, 2.75) is 25.3 Å². The van der Waals surface area contributed by atoms with Gasteiger partial charge in [0.2, 0.25) is 23.7 Å². The molecular formula is C42H44ClF2N9O10. The summed E-state index contributed by atoms with van der Waals surface area (Å²) < 4.78 is 48.2. The molecule has 4 heterocycles. The Kier molecular flexibility index (Phi) is 14.0. The van der Waals surface area contributed by atoms with Gasteiger partial charge in [0.1, 0.15) is 41.3 Å². The fourth-order valence-electron chi connectivity index (χ4n) is 7.51. The minimum Gasteiger partial charge on any atom is -0.507 e.